The molecule has 7 nitrogen and oxygen atoms in total. The standard InChI is InChI=1S/C15H23NO3.C10H13NO2/c1-4-5-10-18-11-12-19-15(17)13-6-8-14(9-7-13)16(2)3;1-11(2)9-6-4-8(5-7-9)10(12)13-3/h6-9H,4-5,10-12H2,1-3H3;4-7H,1-3H3. The number of hydrogen-bond donors (Lipinski definition) is 0. The zero-order valence-corrected chi connectivity index (χ0v) is 20.1. The van der Waals surface area contributed by atoms with Crippen LogP contribution in [0.1, 0.15) is 40.5 Å². The highest BCUT2D eigenvalue weighted by atomic mass is 16.6. The molecule has 0 amide bonds. The van der Waals surface area contributed by atoms with Crippen molar-refractivity contribution in [1.82, 2.24) is 0 Å². The van der Waals surface area contributed by atoms with E-state index < -0.39 is 0 Å². The summed E-state index contributed by atoms with van der Waals surface area (Å²) in [5.74, 6) is -0.602. The van der Waals surface area contributed by atoms with Gasteiger partial charge in [0.25, 0.3) is 0 Å². The first-order valence-corrected chi connectivity index (χ1v) is 10.7. The van der Waals surface area contributed by atoms with E-state index in [2.05, 4.69) is 11.7 Å². The summed E-state index contributed by atoms with van der Waals surface area (Å²) in [7, 11) is 9.20. The summed E-state index contributed by atoms with van der Waals surface area (Å²) in [5, 5.41) is 0. The second kappa shape index (κ2) is 14.9. The van der Waals surface area contributed by atoms with Gasteiger partial charge in [-0.05, 0) is 55.0 Å². The molecule has 0 saturated heterocycles. The molecule has 2 aromatic carbocycles. The predicted octanol–water partition coefficient (Wildman–Crippen LogP) is 4.27. The molecular weight excluding hydrogens is 408 g/mol. The first-order chi connectivity index (χ1) is 15.3. The molecule has 0 bridgehead atoms. The first kappa shape index (κ1) is 27.0. The van der Waals surface area contributed by atoms with Gasteiger partial charge in [0, 0.05) is 46.2 Å². The lowest BCUT2D eigenvalue weighted by Gasteiger charge is -2.12. The maximum atomic E-state index is 11.7. The summed E-state index contributed by atoms with van der Waals surface area (Å²) in [5.41, 5.74) is 3.26. The van der Waals surface area contributed by atoms with Crippen LogP contribution in [0.4, 0.5) is 11.4 Å². The average Bonchev–Trinajstić information content (AvgIpc) is 2.81. The number of hydrogen-bond acceptors (Lipinski definition) is 7. The van der Waals surface area contributed by atoms with Gasteiger partial charge < -0.3 is 24.0 Å². The fourth-order valence-electron chi connectivity index (χ4n) is 2.53. The van der Waals surface area contributed by atoms with Gasteiger partial charge in [-0.15, -0.1) is 0 Å². The van der Waals surface area contributed by atoms with Crippen LogP contribution in [0.2, 0.25) is 0 Å². The number of benzene rings is 2. The minimum atomic E-state index is -0.301. The summed E-state index contributed by atoms with van der Waals surface area (Å²) in [6.07, 6.45) is 2.15. The van der Waals surface area contributed by atoms with E-state index in [4.69, 9.17) is 9.47 Å². The maximum Gasteiger partial charge on any atom is 0.338 e. The zero-order valence-electron chi connectivity index (χ0n) is 20.1. The number of rotatable bonds is 10. The molecule has 32 heavy (non-hydrogen) atoms. The number of carbonyl (C=O) groups excluding carboxylic acids is 2. The van der Waals surface area contributed by atoms with Crippen molar-refractivity contribution in [1.29, 1.82) is 0 Å². The third-order valence-corrected chi connectivity index (χ3v) is 4.53. The van der Waals surface area contributed by atoms with Crippen molar-refractivity contribution in [2.75, 3.05) is 64.9 Å². The Morgan fingerprint density at radius 2 is 1.19 bits per heavy atom. The molecule has 7 heteroatoms. The van der Waals surface area contributed by atoms with Gasteiger partial charge in [-0.2, -0.15) is 0 Å². The molecular formula is C25H36N2O5. The average molecular weight is 445 g/mol. The van der Waals surface area contributed by atoms with Crippen LogP contribution in [0.5, 0.6) is 0 Å². The van der Waals surface area contributed by atoms with E-state index in [9.17, 15) is 9.59 Å². The van der Waals surface area contributed by atoms with Crippen LogP contribution < -0.4 is 9.80 Å². The van der Waals surface area contributed by atoms with Crippen molar-refractivity contribution < 1.29 is 23.8 Å². The zero-order chi connectivity index (χ0) is 23.9. The van der Waals surface area contributed by atoms with Gasteiger partial charge in [0.2, 0.25) is 0 Å². The molecule has 0 aliphatic carbocycles. The molecule has 0 aliphatic heterocycles. The van der Waals surface area contributed by atoms with Gasteiger partial charge in [0.05, 0.1) is 24.8 Å². The number of nitrogens with zero attached hydrogens (tertiary/aromatic N) is 2. The molecule has 176 valence electrons. The minimum Gasteiger partial charge on any atom is -0.465 e. The van der Waals surface area contributed by atoms with Crippen molar-refractivity contribution in [3.05, 3.63) is 59.7 Å². The molecule has 2 aromatic rings. The molecule has 0 atom stereocenters. The van der Waals surface area contributed by atoms with Crippen LogP contribution >= 0.6 is 0 Å². The van der Waals surface area contributed by atoms with E-state index in [1.54, 1.807) is 24.3 Å². The Kier molecular flexibility index (Phi) is 12.5. The third-order valence-electron chi connectivity index (χ3n) is 4.53. The van der Waals surface area contributed by atoms with Crippen LogP contribution in [-0.4, -0.2) is 67.1 Å². The minimum absolute atomic E-state index is 0.301. The Labute approximate surface area is 191 Å². The van der Waals surface area contributed by atoms with Crippen molar-refractivity contribution >= 4 is 23.3 Å². The Morgan fingerprint density at radius 1 is 0.719 bits per heavy atom. The van der Waals surface area contributed by atoms with Gasteiger partial charge in [0.15, 0.2) is 0 Å². The number of unbranched alkanes of at least 4 members (excludes halogenated alkanes) is 1. The normalized spacial score (nSPS) is 9.94. The smallest absolute Gasteiger partial charge is 0.338 e. The van der Waals surface area contributed by atoms with Crippen LogP contribution in [0.25, 0.3) is 0 Å². The van der Waals surface area contributed by atoms with Crippen molar-refractivity contribution in [2.24, 2.45) is 0 Å². The Balaban J connectivity index is 0.000000343. The van der Waals surface area contributed by atoms with Gasteiger partial charge in [-0.3, -0.25) is 0 Å². The summed E-state index contributed by atoms with van der Waals surface area (Å²) >= 11 is 0. The number of carbonyl (C=O) groups is 2. The first-order valence-electron chi connectivity index (χ1n) is 10.7. The van der Waals surface area contributed by atoms with E-state index in [0.717, 1.165) is 30.8 Å². The van der Waals surface area contributed by atoms with Gasteiger partial charge in [0.1, 0.15) is 6.61 Å². The second-order valence-electron chi connectivity index (χ2n) is 7.48. The highest BCUT2D eigenvalue weighted by molar-refractivity contribution is 5.90. The topological polar surface area (TPSA) is 68.3 Å². The summed E-state index contributed by atoms with van der Waals surface area (Å²) in [6.45, 7) is 3.60. The van der Waals surface area contributed by atoms with Crippen LogP contribution in [0, 0.1) is 0 Å². The van der Waals surface area contributed by atoms with Crippen molar-refractivity contribution in [3.8, 4) is 0 Å². The Hall–Kier alpha value is -3.06. The quantitative estimate of drug-likeness (QED) is 0.400. The van der Waals surface area contributed by atoms with E-state index >= 15 is 0 Å². The van der Waals surface area contributed by atoms with Crippen molar-refractivity contribution in [2.45, 2.75) is 19.8 Å². The lowest BCUT2D eigenvalue weighted by Crippen LogP contribution is -2.12. The lowest BCUT2D eigenvalue weighted by molar-refractivity contribution is 0.0313. The van der Waals surface area contributed by atoms with Crippen molar-refractivity contribution in [3.63, 3.8) is 0 Å². The molecule has 0 aliphatic rings. The number of ether oxygens (including phenoxy) is 3. The fourth-order valence-corrected chi connectivity index (χ4v) is 2.53. The third kappa shape index (κ3) is 9.83. The monoisotopic (exact) mass is 444 g/mol. The molecule has 0 fully saturated rings. The van der Waals surface area contributed by atoms with Gasteiger partial charge in [-0.1, -0.05) is 13.3 Å². The van der Waals surface area contributed by atoms with Crippen LogP contribution in [0.3, 0.4) is 0 Å². The molecule has 0 heterocycles. The summed E-state index contributed by atoms with van der Waals surface area (Å²) in [6, 6.07) is 14.6. The molecule has 0 N–H and O–H groups in total. The van der Waals surface area contributed by atoms with E-state index in [1.165, 1.54) is 7.11 Å². The highest BCUT2D eigenvalue weighted by Gasteiger charge is 2.07. The number of esters is 2. The van der Waals surface area contributed by atoms with E-state index in [0.29, 0.717) is 24.3 Å². The molecule has 0 saturated carbocycles. The molecule has 0 unspecified atom stereocenters. The molecule has 2 rings (SSSR count). The fraction of sp³-hybridized carbons (Fsp3) is 0.440. The van der Waals surface area contributed by atoms with Crippen LogP contribution in [0.15, 0.2) is 48.5 Å². The van der Waals surface area contributed by atoms with Gasteiger partial charge in [-0.25, -0.2) is 9.59 Å². The molecule has 0 spiro atoms. The second-order valence-corrected chi connectivity index (χ2v) is 7.48. The summed E-state index contributed by atoms with van der Waals surface area (Å²) in [4.78, 5) is 26.7. The van der Waals surface area contributed by atoms with E-state index in [-0.39, 0.29) is 11.9 Å². The van der Waals surface area contributed by atoms with Crippen LogP contribution in [-0.2, 0) is 14.2 Å². The highest BCUT2D eigenvalue weighted by Crippen LogP contribution is 2.13. The van der Waals surface area contributed by atoms with Gasteiger partial charge >= 0.3 is 11.9 Å². The largest absolute Gasteiger partial charge is 0.465 e. The predicted molar refractivity (Wildman–Crippen MR) is 129 cm³/mol. The lowest BCUT2D eigenvalue weighted by atomic mass is 10.2. The SMILES string of the molecule is CCCCOCCOC(=O)c1ccc(N(C)C)cc1.COC(=O)c1ccc(N(C)C)cc1. The Bertz CT molecular complexity index is 802. The molecule has 0 aromatic heterocycles. The number of methoxy groups -OCH3 is 1. The Morgan fingerprint density at radius 3 is 1.59 bits per heavy atom. The van der Waals surface area contributed by atoms with E-state index in [1.807, 2.05) is 62.3 Å². The molecule has 0 radical (unpaired) electrons. The summed E-state index contributed by atoms with van der Waals surface area (Å²) < 4.78 is 15.0. The maximum absolute atomic E-state index is 11.7. The number of anilines is 2.